The van der Waals surface area contributed by atoms with Gasteiger partial charge in [0.05, 0.1) is 17.4 Å². The highest BCUT2D eigenvalue weighted by atomic mass is 16.5. The number of carbonyl (C=O) groups is 3. The number of benzene rings is 1. The third-order valence-electron chi connectivity index (χ3n) is 8.97. The molecular weight excluding hydrogens is 506 g/mol. The average molecular weight is 552 g/mol. The lowest BCUT2D eigenvalue weighted by Gasteiger charge is -2.37. The minimum absolute atomic E-state index is 0.00348. The number of aliphatic hydroxyl groups excluding tert-OH is 1. The van der Waals surface area contributed by atoms with Gasteiger partial charge in [-0.05, 0) is 70.1 Å². The van der Waals surface area contributed by atoms with E-state index in [2.05, 4.69) is 13.2 Å². The van der Waals surface area contributed by atoms with E-state index in [-0.39, 0.29) is 30.9 Å². The molecule has 40 heavy (non-hydrogen) atoms. The van der Waals surface area contributed by atoms with Crippen LogP contribution in [-0.4, -0.2) is 82.7 Å². The fourth-order valence-corrected chi connectivity index (χ4v) is 7.22. The largest absolute Gasteiger partial charge is 0.396 e. The van der Waals surface area contributed by atoms with E-state index in [1.807, 2.05) is 45.9 Å². The molecule has 8 heteroatoms. The Balaban J connectivity index is 1.81. The highest BCUT2D eigenvalue weighted by Gasteiger charge is 2.78. The highest BCUT2D eigenvalue weighted by Crippen LogP contribution is 2.63. The van der Waals surface area contributed by atoms with Crippen LogP contribution in [0.2, 0.25) is 0 Å². The Morgan fingerprint density at radius 1 is 1.15 bits per heavy atom. The van der Waals surface area contributed by atoms with E-state index in [9.17, 15) is 19.5 Å². The Morgan fingerprint density at radius 3 is 2.52 bits per heavy atom. The number of hydrogen-bond acceptors (Lipinski definition) is 5. The van der Waals surface area contributed by atoms with Crippen molar-refractivity contribution in [2.75, 3.05) is 37.7 Å². The predicted octanol–water partition coefficient (Wildman–Crippen LogP) is 3.78. The van der Waals surface area contributed by atoms with E-state index in [1.54, 1.807) is 26.9 Å². The van der Waals surface area contributed by atoms with Crippen molar-refractivity contribution in [3.63, 3.8) is 0 Å². The second kappa shape index (κ2) is 11.9. The van der Waals surface area contributed by atoms with Gasteiger partial charge in [-0.25, -0.2) is 0 Å². The standard InChI is InChI=1S/C32H45N3O5/c1-7-16-33(17-8-2)28(37)25-26-29(38)35(19-10-11-20-36)27(32(26)15-14-31(25,6)40-32)30(39)34(18-9-3)24-21-22(4)12-13-23(24)5/h7,9,12-13,21,25-27,36H,1,3,8,10-11,14-20H2,2,4-6H3/t25-,26+,27?,31+,32?/m1/s1. The van der Waals surface area contributed by atoms with Crippen LogP contribution in [0.5, 0.6) is 0 Å². The number of nitrogens with zero attached hydrogens (tertiary/aromatic N) is 3. The second-order valence-electron chi connectivity index (χ2n) is 11.8. The van der Waals surface area contributed by atoms with Gasteiger partial charge in [-0.3, -0.25) is 14.4 Å². The van der Waals surface area contributed by atoms with Gasteiger partial charge in [0.25, 0.3) is 5.91 Å². The molecular formula is C32H45N3O5. The molecule has 1 spiro atoms. The molecule has 218 valence electrons. The average Bonchev–Trinajstić information content (AvgIpc) is 3.49. The lowest BCUT2D eigenvalue weighted by Crippen LogP contribution is -2.56. The number of likely N-dealkylation sites (tertiary alicyclic amines) is 1. The van der Waals surface area contributed by atoms with Crippen molar-refractivity contribution in [1.29, 1.82) is 0 Å². The van der Waals surface area contributed by atoms with Gasteiger partial charge in [0.2, 0.25) is 11.8 Å². The van der Waals surface area contributed by atoms with Crippen molar-refractivity contribution in [2.24, 2.45) is 11.8 Å². The number of carbonyl (C=O) groups excluding carboxylic acids is 3. The fourth-order valence-electron chi connectivity index (χ4n) is 7.22. The fraction of sp³-hybridized carbons (Fsp3) is 0.594. The van der Waals surface area contributed by atoms with Gasteiger partial charge in [-0.15, -0.1) is 13.2 Å². The molecule has 3 aliphatic rings. The minimum atomic E-state index is -1.09. The first-order valence-electron chi connectivity index (χ1n) is 14.6. The number of fused-ring (bicyclic) bond motifs is 1. The SMILES string of the molecule is C=CCN(CCC)C(=O)[C@H]1[C@H]2C(=O)N(CCCCO)C(C(=O)N(CC=C)c3cc(C)ccc3C)C23CC[C@]1(C)O3. The zero-order valence-corrected chi connectivity index (χ0v) is 24.5. The van der Waals surface area contributed by atoms with Crippen molar-refractivity contribution in [3.8, 4) is 0 Å². The molecule has 0 radical (unpaired) electrons. The highest BCUT2D eigenvalue weighted by molar-refractivity contribution is 6.05. The molecule has 3 aliphatic heterocycles. The maximum atomic E-state index is 14.7. The monoisotopic (exact) mass is 551 g/mol. The van der Waals surface area contributed by atoms with Gasteiger partial charge in [0.1, 0.15) is 11.6 Å². The van der Waals surface area contributed by atoms with Gasteiger partial charge >= 0.3 is 0 Å². The van der Waals surface area contributed by atoms with Crippen molar-refractivity contribution >= 4 is 23.4 Å². The summed E-state index contributed by atoms with van der Waals surface area (Å²) in [5.74, 6) is -1.94. The zero-order valence-electron chi connectivity index (χ0n) is 24.5. The lowest BCUT2D eigenvalue weighted by molar-refractivity contribution is -0.149. The molecule has 2 unspecified atom stereocenters. The van der Waals surface area contributed by atoms with Crippen LogP contribution in [0.3, 0.4) is 0 Å². The Kier molecular flexibility index (Phi) is 8.90. The molecule has 8 nitrogen and oxygen atoms in total. The molecule has 2 bridgehead atoms. The summed E-state index contributed by atoms with van der Waals surface area (Å²) < 4.78 is 6.81. The molecule has 3 heterocycles. The number of ether oxygens (including phenoxy) is 1. The summed E-state index contributed by atoms with van der Waals surface area (Å²) in [4.78, 5) is 48.2. The van der Waals surface area contributed by atoms with Gasteiger partial charge in [0.15, 0.2) is 0 Å². The smallest absolute Gasteiger partial charge is 0.253 e. The van der Waals surface area contributed by atoms with Gasteiger partial charge in [-0.1, -0.05) is 31.2 Å². The van der Waals surface area contributed by atoms with E-state index in [0.717, 1.165) is 23.2 Å². The van der Waals surface area contributed by atoms with Crippen LogP contribution in [0.4, 0.5) is 5.69 Å². The number of hydrogen-bond donors (Lipinski definition) is 1. The van der Waals surface area contributed by atoms with E-state index in [4.69, 9.17) is 4.74 Å². The van der Waals surface area contributed by atoms with Gasteiger partial charge in [0, 0.05) is 38.5 Å². The molecule has 0 aliphatic carbocycles. The molecule has 1 aromatic rings. The van der Waals surface area contributed by atoms with Crippen LogP contribution in [0.15, 0.2) is 43.5 Å². The van der Waals surface area contributed by atoms with Crippen LogP contribution in [0, 0.1) is 25.7 Å². The first kappa shape index (κ1) is 30.0. The molecule has 1 N–H and O–H groups in total. The number of unbranched alkanes of at least 4 members (excludes halogenated alkanes) is 1. The van der Waals surface area contributed by atoms with E-state index >= 15 is 0 Å². The third-order valence-corrected chi connectivity index (χ3v) is 8.97. The van der Waals surface area contributed by atoms with Crippen molar-refractivity contribution in [1.82, 2.24) is 9.80 Å². The first-order valence-corrected chi connectivity index (χ1v) is 14.6. The van der Waals surface area contributed by atoms with Crippen LogP contribution >= 0.6 is 0 Å². The van der Waals surface area contributed by atoms with Crippen LogP contribution < -0.4 is 4.90 Å². The first-order chi connectivity index (χ1) is 19.1. The molecule has 3 amide bonds. The lowest BCUT2D eigenvalue weighted by atomic mass is 9.66. The van der Waals surface area contributed by atoms with E-state index in [1.165, 1.54) is 0 Å². The summed E-state index contributed by atoms with van der Waals surface area (Å²) in [6.45, 7) is 17.2. The van der Waals surface area contributed by atoms with Crippen LogP contribution in [0.25, 0.3) is 0 Å². The number of anilines is 1. The quantitative estimate of drug-likeness (QED) is 0.298. The summed E-state index contributed by atoms with van der Waals surface area (Å²) in [7, 11) is 0. The molecule has 3 fully saturated rings. The van der Waals surface area contributed by atoms with Crippen LogP contribution in [-0.2, 0) is 19.1 Å². The molecule has 1 aromatic carbocycles. The van der Waals surface area contributed by atoms with Crippen molar-refractivity contribution in [2.45, 2.75) is 77.0 Å². The molecule has 0 aromatic heterocycles. The maximum Gasteiger partial charge on any atom is 0.253 e. The van der Waals surface area contributed by atoms with Crippen molar-refractivity contribution in [3.05, 3.63) is 54.6 Å². The molecule has 3 saturated heterocycles. The molecule has 0 saturated carbocycles. The number of amides is 3. The topological polar surface area (TPSA) is 90.4 Å². The Labute approximate surface area is 238 Å². The Morgan fingerprint density at radius 2 is 1.88 bits per heavy atom. The number of rotatable bonds is 13. The Hall–Kier alpha value is -2.97. The van der Waals surface area contributed by atoms with Gasteiger partial charge in [-0.2, -0.15) is 0 Å². The summed E-state index contributed by atoms with van der Waals surface area (Å²) in [5, 5.41) is 9.45. The summed E-state index contributed by atoms with van der Waals surface area (Å²) in [6.07, 6.45) is 6.38. The summed E-state index contributed by atoms with van der Waals surface area (Å²) in [5.41, 5.74) is 0.825. The Bertz CT molecular complexity index is 1170. The minimum Gasteiger partial charge on any atom is -0.396 e. The van der Waals surface area contributed by atoms with Crippen LogP contribution in [0.1, 0.15) is 57.1 Å². The van der Waals surface area contributed by atoms with E-state index < -0.39 is 29.1 Å². The molecule has 5 atom stereocenters. The zero-order chi connectivity index (χ0) is 29.2. The maximum absolute atomic E-state index is 14.7. The normalized spacial score (nSPS) is 28.5. The number of aryl methyl sites for hydroxylation is 2. The molecule has 4 rings (SSSR count). The summed E-state index contributed by atoms with van der Waals surface area (Å²) in [6, 6.07) is 5.11. The number of aliphatic hydroxyl groups is 1. The second-order valence-corrected chi connectivity index (χ2v) is 11.8. The summed E-state index contributed by atoms with van der Waals surface area (Å²) >= 11 is 0. The van der Waals surface area contributed by atoms with E-state index in [0.29, 0.717) is 45.3 Å². The van der Waals surface area contributed by atoms with Crippen molar-refractivity contribution < 1.29 is 24.2 Å². The third kappa shape index (κ3) is 4.90. The predicted molar refractivity (Wildman–Crippen MR) is 156 cm³/mol. The van der Waals surface area contributed by atoms with Gasteiger partial charge < -0.3 is 24.5 Å².